The molecule has 0 radical (unpaired) electrons. The smallest absolute Gasteiger partial charge is 0.406 e. The van der Waals surface area contributed by atoms with Crippen molar-refractivity contribution in [2.24, 2.45) is 0 Å². The maximum absolute atomic E-state index is 12.0. The van der Waals surface area contributed by atoms with Gasteiger partial charge in [-0.2, -0.15) is 0 Å². The summed E-state index contributed by atoms with van der Waals surface area (Å²) in [6.07, 6.45) is -4.63. The highest BCUT2D eigenvalue weighted by Gasteiger charge is 2.30. The lowest BCUT2D eigenvalue weighted by atomic mass is 10.2. The summed E-state index contributed by atoms with van der Waals surface area (Å²) in [6, 6.07) is 4.91. The molecule has 124 valence electrons. The van der Waals surface area contributed by atoms with E-state index >= 15 is 0 Å². The first kappa shape index (κ1) is 18.2. The van der Waals surface area contributed by atoms with Gasteiger partial charge in [0.15, 0.2) is 0 Å². The fourth-order valence-electron chi connectivity index (χ4n) is 1.67. The molecule has 0 aliphatic carbocycles. The molecule has 1 aromatic rings. The van der Waals surface area contributed by atoms with Crippen LogP contribution >= 0.6 is 0 Å². The number of aliphatic hydroxyl groups is 1. The Hall–Kier alpha value is -1.80. The van der Waals surface area contributed by atoms with Crippen LogP contribution in [0, 0.1) is 0 Å². The molecule has 0 fully saturated rings. The Morgan fingerprint density at radius 3 is 2.45 bits per heavy atom. The van der Waals surface area contributed by atoms with Crippen LogP contribution in [-0.2, 0) is 4.79 Å². The van der Waals surface area contributed by atoms with Crippen LogP contribution in [0.2, 0.25) is 0 Å². The van der Waals surface area contributed by atoms with Crippen molar-refractivity contribution >= 4 is 11.6 Å². The van der Waals surface area contributed by atoms with Gasteiger partial charge >= 0.3 is 6.36 Å². The number of nitrogens with one attached hydrogen (secondary N) is 1. The zero-order chi connectivity index (χ0) is 16.8. The molecule has 5 nitrogen and oxygen atoms in total. The number of hydrogen-bond acceptors (Lipinski definition) is 4. The van der Waals surface area contributed by atoms with Crippen molar-refractivity contribution in [3.8, 4) is 5.75 Å². The highest BCUT2D eigenvalue weighted by molar-refractivity contribution is 5.92. The lowest BCUT2D eigenvalue weighted by molar-refractivity contribution is -0.274. The maximum atomic E-state index is 12.0. The van der Waals surface area contributed by atoms with E-state index in [2.05, 4.69) is 10.1 Å². The number of hydrogen-bond donors (Lipinski definition) is 2. The van der Waals surface area contributed by atoms with Crippen LogP contribution in [0.1, 0.15) is 13.3 Å². The summed E-state index contributed by atoms with van der Waals surface area (Å²) in [5.74, 6) is -0.642. The number of amides is 1. The molecule has 0 aliphatic rings. The molecule has 1 atom stereocenters. The van der Waals surface area contributed by atoms with Crippen molar-refractivity contribution in [1.82, 2.24) is 4.90 Å². The quantitative estimate of drug-likeness (QED) is 0.809. The lowest BCUT2D eigenvalue weighted by Crippen LogP contribution is -2.32. The third kappa shape index (κ3) is 7.84. The number of ether oxygens (including phenoxy) is 1. The minimum atomic E-state index is -4.74. The van der Waals surface area contributed by atoms with Crippen molar-refractivity contribution in [3.05, 3.63) is 24.3 Å². The summed E-state index contributed by atoms with van der Waals surface area (Å²) >= 11 is 0. The zero-order valence-electron chi connectivity index (χ0n) is 12.4. The first-order valence-electron chi connectivity index (χ1n) is 6.68. The number of carbonyl (C=O) groups is 1. The molecule has 1 aromatic carbocycles. The van der Waals surface area contributed by atoms with Gasteiger partial charge in [-0.1, -0.05) is 0 Å². The van der Waals surface area contributed by atoms with Gasteiger partial charge in [0.25, 0.3) is 0 Å². The number of likely N-dealkylation sites (N-methyl/N-ethyl adjacent to an activating group) is 1. The zero-order valence-corrected chi connectivity index (χ0v) is 12.4. The lowest BCUT2D eigenvalue weighted by Gasteiger charge is -2.17. The monoisotopic (exact) mass is 320 g/mol. The molecule has 1 rings (SSSR count). The third-order valence-electron chi connectivity index (χ3n) is 2.71. The van der Waals surface area contributed by atoms with Crippen molar-refractivity contribution in [2.45, 2.75) is 25.8 Å². The summed E-state index contributed by atoms with van der Waals surface area (Å²) in [7, 11) is 1.74. The Balaban J connectivity index is 2.44. The van der Waals surface area contributed by atoms with Crippen molar-refractivity contribution in [2.75, 3.05) is 25.5 Å². The van der Waals surface area contributed by atoms with Crippen LogP contribution in [0.3, 0.4) is 0 Å². The average Bonchev–Trinajstić information content (AvgIpc) is 2.37. The Morgan fingerprint density at radius 2 is 1.95 bits per heavy atom. The summed E-state index contributed by atoms with van der Waals surface area (Å²) in [6.45, 7) is 2.34. The molecule has 0 heterocycles. The van der Waals surface area contributed by atoms with E-state index in [1.165, 1.54) is 12.1 Å². The van der Waals surface area contributed by atoms with Crippen LogP contribution in [0.5, 0.6) is 5.75 Å². The minimum Gasteiger partial charge on any atom is -0.406 e. The van der Waals surface area contributed by atoms with Gasteiger partial charge in [-0.15, -0.1) is 13.2 Å². The van der Waals surface area contributed by atoms with Gasteiger partial charge in [-0.3, -0.25) is 9.69 Å². The second-order valence-electron chi connectivity index (χ2n) is 5.00. The molecule has 0 saturated carbocycles. The van der Waals surface area contributed by atoms with Crippen LogP contribution in [-0.4, -0.2) is 48.5 Å². The summed E-state index contributed by atoms with van der Waals surface area (Å²) < 4.78 is 39.8. The first-order valence-corrected chi connectivity index (χ1v) is 6.68. The van der Waals surface area contributed by atoms with Crippen LogP contribution in [0.4, 0.5) is 18.9 Å². The second-order valence-corrected chi connectivity index (χ2v) is 5.00. The van der Waals surface area contributed by atoms with E-state index < -0.39 is 12.5 Å². The molecule has 0 bridgehead atoms. The average molecular weight is 320 g/mol. The van der Waals surface area contributed by atoms with E-state index in [1.54, 1.807) is 18.9 Å². The number of alkyl halides is 3. The number of aliphatic hydroxyl groups excluding tert-OH is 1. The van der Waals surface area contributed by atoms with E-state index in [0.29, 0.717) is 18.7 Å². The Bertz CT molecular complexity index is 475. The van der Waals surface area contributed by atoms with E-state index in [9.17, 15) is 18.0 Å². The molecule has 2 N–H and O–H groups in total. The van der Waals surface area contributed by atoms with Gasteiger partial charge in [0.1, 0.15) is 5.75 Å². The number of halogens is 3. The molecule has 0 aliphatic heterocycles. The number of carbonyl (C=O) groups excluding carboxylic acids is 1. The topological polar surface area (TPSA) is 61.8 Å². The van der Waals surface area contributed by atoms with Gasteiger partial charge in [-0.05, 0) is 44.7 Å². The molecule has 1 unspecified atom stereocenters. The van der Waals surface area contributed by atoms with E-state index in [0.717, 1.165) is 12.1 Å². The number of rotatable bonds is 7. The van der Waals surface area contributed by atoms with Gasteiger partial charge in [0, 0.05) is 12.2 Å². The SMILES string of the molecule is CC(O)CCN(C)CC(=O)Nc1ccc(OC(F)(F)F)cc1. The van der Waals surface area contributed by atoms with Gasteiger partial charge in [-0.25, -0.2) is 0 Å². The van der Waals surface area contributed by atoms with Gasteiger partial charge in [0.2, 0.25) is 5.91 Å². The largest absolute Gasteiger partial charge is 0.573 e. The number of benzene rings is 1. The Labute approximate surface area is 126 Å². The molecule has 0 spiro atoms. The fraction of sp³-hybridized carbons (Fsp3) is 0.500. The van der Waals surface area contributed by atoms with E-state index in [1.807, 2.05) is 0 Å². The third-order valence-corrected chi connectivity index (χ3v) is 2.71. The number of anilines is 1. The van der Waals surface area contributed by atoms with Crippen LogP contribution in [0.25, 0.3) is 0 Å². The van der Waals surface area contributed by atoms with Crippen LogP contribution in [0.15, 0.2) is 24.3 Å². The summed E-state index contributed by atoms with van der Waals surface area (Å²) in [5.41, 5.74) is 0.378. The molecule has 22 heavy (non-hydrogen) atoms. The highest BCUT2D eigenvalue weighted by Crippen LogP contribution is 2.23. The fourth-order valence-corrected chi connectivity index (χ4v) is 1.67. The molecular weight excluding hydrogens is 301 g/mol. The van der Waals surface area contributed by atoms with Crippen molar-refractivity contribution in [1.29, 1.82) is 0 Å². The maximum Gasteiger partial charge on any atom is 0.573 e. The molecular formula is C14H19F3N2O3. The van der Waals surface area contributed by atoms with Crippen molar-refractivity contribution in [3.63, 3.8) is 0 Å². The number of nitrogens with zero attached hydrogens (tertiary/aromatic N) is 1. The Morgan fingerprint density at radius 1 is 1.36 bits per heavy atom. The highest BCUT2D eigenvalue weighted by atomic mass is 19.4. The summed E-state index contributed by atoms with van der Waals surface area (Å²) in [5, 5.41) is 11.7. The summed E-state index contributed by atoms with van der Waals surface area (Å²) in [4.78, 5) is 13.5. The van der Waals surface area contributed by atoms with Gasteiger partial charge in [0.05, 0.1) is 12.6 Å². The molecule has 0 aromatic heterocycles. The van der Waals surface area contributed by atoms with E-state index in [-0.39, 0.29) is 18.2 Å². The van der Waals surface area contributed by atoms with Crippen LogP contribution < -0.4 is 10.1 Å². The molecule has 0 saturated heterocycles. The second kappa shape index (κ2) is 8.00. The minimum absolute atomic E-state index is 0.119. The predicted molar refractivity (Wildman–Crippen MR) is 75.5 cm³/mol. The normalized spacial score (nSPS) is 13.0. The Kier molecular flexibility index (Phi) is 6.63. The van der Waals surface area contributed by atoms with E-state index in [4.69, 9.17) is 5.11 Å². The van der Waals surface area contributed by atoms with Gasteiger partial charge < -0.3 is 15.2 Å². The first-order chi connectivity index (χ1) is 10.2. The molecule has 1 amide bonds. The molecule has 8 heteroatoms. The predicted octanol–water partition coefficient (Wildman–Crippen LogP) is 2.23. The van der Waals surface area contributed by atoms with Crippen molar-refractivity contribution < 1.29 is 27.8 Å². The standard InChI is InChI=1S/C14H19F3N2O3/c1-10(20)7-8-19(2)9-13(21)18-11-3-5-12(6-4-11)22-14(15,16)17/h3-6,10,20H,7-9H2,1-2H3,(H,18,21).